The van der Waals surface area contributed by atoms with Crippen molar-refractivity contribution >= 4 is 5.82 Å². The molecule has 0 spiro atoms. The lowest BCUT2D eigenvalue weighted by Gasteiger charge is -2.07. The third kappa shape index (κ3) is 1.82. The van der Waals surface area contributed by atoms with E-state index in [1.165, 1.54) is 7.11 Å². The zero-order chi connectivity index (χ0) is 11.5. The molecule has 2 rings (SSSR count). The maximum atomic E-state index is 13.9. The predicted octanol–water partition coefficient (Wildman–Crippen LogP) is 2.48. The lowest BCUT2D eigenvalue weighted by atomic mass is 10.1. The van der Waals surface area contributed by atoms with Gasteiger partial charge in [0.15, 0.2) is 11.6 Å². The number of benzene rings is 1. The van der Waals surface area contributed by atoms with Crippen LogP contribution < -0.4 is 10.5 Å². The highest BCUT2D eigenvalue weighted by Crippen LogP contribution is 2.27. The molecule has 2 aromatic rings. The first kappa shape index (κ1) is 10.4. The largest absolute Gasteiger partial charge is 0.494 e. The molecule has 1 aromatic carbocycles. The normalized spacial score (nSPS) is 10.1. The van der Waals surface area contributed by atoms with E-state index in [1.807, 2.05) is 0 Å². The van der Waals surface area contributed by atoms with Crippen molar-refractivity contribution in [3.05, 3.63) is 42.2 Å². The summed E-state index contributed by atoms with van der Waals surface area (Å²) >= 11 is 0. The number of methoxy groups -OCH3 is 1. The van der Waals surface area contributed by atoms with Gasteiger partial charge in [-0.1, -0.05) is 12.1 Å². The smallest absolute Gasteiger partial charge is 0.174 e. The summed E-state index contributed by atoms with van der Waals surface area (Å²) in [5, 5.41) is 0. The summed E-state index contributed by atoms with van der Waals surface area (Å²) in [4.78, 5) is 4.06. The monoisotopic (exact) mass is 218 g/mol. The topological polar surface area (TPSA) is 48.1 Å². The van der Waals surface area contributed by atoms with Gasteiger partial charge in [0.05, 0.1) is 12.8 Å². The molecule has 4 heteroatoms. The molecule has 0 aliphatic heterocycles. The molecule has 0 bridgehead atoms. The lowest BCUT2D eigenvalue weighted by Crippen LogP contribution is -1.95. The van der Waals surface area contributed by atoms with Crippen LogP contribution in [0.5, 0.6) is 5.75 Å². The number of nitrogens with two attached hydrogens (primary N) is 1. The Morgan fingerprint density at radius 1 is 1.19 bits per heavy atom. The van der Waals surface area contributed by atoms with E-state index < -0.39 is 5.82 Å². The molecule has 0 aliphatic rings. The molecule has 1 aromatic heterocycles. The minimum Gasteiger partial charge on any atom is -0.494 e. The van der Waals surface area contributed by atoms with Gasteiger partial charge in [0, 0.05) is 5.56 Å². The van der Waals surface area contributed by atoms with E-state index in [9.17, 15) is 4.39 Å². The Kier molecular flexibility index (Phi) is 2.72. The van der Waals surface area contributed by atoms with E-state index in [4.69, 9.17) is 10.5 Å². The SMILES string of the molecule is COc1cccc(-c2cccc(N)n2)c1F. The first-order chi connectivity index (χ1) is 7.72. The summed E-state index contributed by atoms with van der Waals surface area (Å²) in [5.41, 5.74) is 6.43. The van der Waals surface area contributed by atoms with Crippen LogP contribution in [0.2, 0.25) is 0 Å². The number of nitrogens with zero attached hydrogens (tertiary/aromatic N) is 1. The van der Waals surface area contributed by atoms with Crippen molar-refractivity contribution < 1.29 is 9.13 Å². The van der Waals surface area contributed by atoms with Crippen molar-refractivity contribution in [1.82, 2.24) is 4.98 Å². The van der Waals surface area contributed by atoms with Crippen molar-refractivity contribution in [3.63, 3.8) is 0 Å². The maximum absolute atomic E-state index is 13.9. The lowest BCUT2D eigenvalue weighted by molar-refractivity contribution is 0.387. The Balaban J connectivity index is 2.56. The molecule has 0 radical (unpaired) electrons. The van der Waals surface area contributed by atoms with Crippen LogP contribution in [0.4, 0.5) is 10.2 Å². The molecule has 16 heavy (non-hydrogen) atoms. The number of halogens is 1. The predicted molar refractivity (Wildman–Crippen MR) is 60.6 cm³/mol. The molecular weight excluding hydrogens is 207 g/mol. The number of hydrogen-bond acceptors (Lipinski definition) is 3. The number of anilines is 1. The minimum atomic E-state index is -0.428. The first-order valence-corrected chi connectivity index (χ1v) is 4.78. The van der Waals surface area contributed by atoms with Gasteiger partial charge in [0.2, 0.25) is 0 Å². The number of ether oxygens (including phenoxy) is 1. The Labute approximate surface area is 92.7 Å². The molecule has 82 valence electrons. The summed E-state index contributed by atoms with van der Waals surface area (Å²) < 4.78 is 18.8. The van der Waals surface area contributed by atoms with Gasteiger partial charge in [-0.15, -0.1) is 0 Å². The standard InChI is InChI=1S/C12H11FN2O/c1-16-10-6-2-4-8(12(10)13)9-5-3-7-11(14)15-9/h2-7H,1H3,(H2,14,15). The van der Waals surface area contributed by atoms with E-state index >= 15 is 0 Å². The third-order valence-corrected chi connectivity index (χ3v) is 2.23. The maximum Gasteiger partial charge on any atom is 0.174 e. The van der Waals surface area contributed by atoms with E-state index in [0.717, 1.165) is 0 Å². The number of aromatic nitrogens is 1. The second-order valence-corrected chi connectivity index (χ2v) is 3.27. The van der Waals surface area contributed by atoms with Crippen molar-refractivity contribution in [3.8, 4) is 17.0 Å². The van der Waals surface area contributed by atoms with Gasteiger partial charge in [0.1, 0.15) is 5.82 Å². The van der Waals surface area contributed by atoms with Crippen LogP contribution in [0, 0.1) is 5.82 Å². The van der Waals surface area contributed by atoms with Gasteiger partial charge in [-0.2, -0.15) is 0 Å². The van der Waals surface area contributed by atoms with E-state index in [1.54, 1.807) is 36.4 Å². The van der Waals surface area contributed by atoms with Gasteiger partial charge in [-0.05, 0) is 24.3 Å². The fraction of sp³-hybridized carbons (Fsp3) is 0.0833. The summed E-state index contributed by atoms with van der Waals surface area (Å²) in [6.45, 7) is 0. The molecule has 0 saturated carbocycles. The van der Waals surface area contributed by atoms with Gasteiger partial charge < -0.3 is 10.5 Å². The Hall–Kier alpha value is -2.10. The van der Waals surface area contributed by atoms with Gasteiger partial charge >= 0.3 is 0 Å². The van der Waals surface area contributed by atoms with Crippen LogP contribution in [0.25, 0.3) is 11.3 Å². The molecule has 3 nitrogen and oxygen atoms in total. The molecule has 0 aliphatic carbocycles. The zero-order valence-electron chi connectivity index (χ0n) is 8.77. The van der Waals surface area contributed by atoms with Crippen molar-refractivity contribution in [2.45, 2.75) is 0 Å². The average Bonchev–Trinajstić information content (AvgIpc) is 2.29. The zero-order valence-corrected chi connectivity index (χ0v) is 8.77. The molecule has 0 fully saturated rings. The van der Waals surface area contributed by atoms with Crippen molar-refractivity contribution in [1.29, 1.82) is 0 Å². The molecule has 0 saturated heterocycles. The number of nitrogen functional groups attached to an aromatic ring is 1. The van der Waals surface area contributed by atoms with E-state index in [-0.39, 0.29) is 5.75 Å². The van der Waals surface area contributed by atoms with Crippen LogP contribution in [0.3, 0.4) is 0 Å². The van der Waals surface area contributed by atoms with Crippen LogP contribution in [0.1, 0.15) is 0 Å². The molecule has 2 N–H and O–H groups in total. The second-order valence-electron chi connectivity index (χ2n) is 3.27. The summed E-state index contributed by atoms with van der Waals surface area (Å²) in [6.07, 6.45) is 0. The highest BCUT2D eigenvalue weighted by atomic mass is 19.1. The summed E-state index contributed by atoms with van der Waals surface area (Å²) in [6, 6.07) is 10.00. The minimum absolute atomic E-state index is 0.196. The van der Waals surface area contributed by atoms with Gasteiger partial charge in [-0.3, -0.25) is 0 Å². The number of hydrogen-bond donors (Lipinski definition) is 1. The third-order valence-electron chi connectivity index (χ3n) is 2.23. The Bertz CT molecular complexity index is 514. The fourth-order valence-electron chi connectivity index (χ4n) is 1.47. The fourth-order valence-corrected chi connectivity index (χ4v) is 1.47. The van der Waals surface area contributed by atoms with Crippen LogP contribution in [0.15, 0.2) is 36.4 Å². The van der Waals surface area contributed by atoms with Crippen molar-refractivity contribution in [2.24, 2.45) is 0 Å². The molecular formula is C12H11FN2O. The highest BCUT2D eigenvalue weighted by Gasteiger charge is 2.10. The quantitative estimate of drug-likeness (QED) is 0.842. The van der Waals surface area contributed by atoms with Crippen LogP contribution >= 0.6 is 0 Å². The molecule has 0 unspecified atom stereocenters. The summed E-state index contributed by atoms with van der Waals surface area (Å²) in [7, 11) is 1.43. The Morgan fingerprint density at radius 3 is 2.62 bits per heavy atom. The molecule has 1 heterocycles. The number of pyridine rings is 1. The van der Waals surface area contributed by atoms with Crippen LogP contribution in [-0.2, 0) is 0 Å². The second kappa shape index (κ2) is 4.18. The van der Waals surface area contributed by atoms with Crippen molar-refractivity contribution in [2.75, 3.05) is 12.8 Å². The summed E-state index contributed by atoms with van der Waals surface area (Å²) in [5.74, 6) is 0.129. The molecule has 0 amide bonds. The van der Waals surface area contributed by atoms with E-state index in [0.29, 0.717) is 17.1 Å². The number of rotatable bonds is 2. The average molecular weight is 218 g/mol. The van der Waals surface area contributed by atoms with Crippen LogP contribution in [-0.4, -0.2) is 12.1 Å². The van der Waals surface area contributed by atoms with E-state index in [2.05, 4.69) is 4.98 Å². The molecule has 0 atom stereocenters. The van der Waals surface area contributed by atoms with Gasteiger partial charge in [0.25, 0.3) is 0 Å². The highest BCUT2D eigenvalue weighted by molar-refractivity contribution is 5.63. The Morgan fingerprint density at radius 2 is 1.94 bits per heavy atom. The first-order valence-electron chi connectivity index (χ1n) is 4.78. The van der Waals surface area contributed by atoms with Gasteiger partial charge in [-0.25, -0.2) is 9.37 Å².